The summed E-state index contributed by atoms with van der Waals surface area (Å²) in [5.74, 6) is 1.73. The maximum atomic E-state index is 6.88. The van der Waals surface area contributed by atoms with Crippen molar-refractivity contribution in [2.75, 3.05) is 0 Å². The van der Waals surface area contributed by atoms with Gasteiger partial charge in [-0.2, -0.15) is 0 Å². The largest absolute Gasteiger partial charge is 0.457 e. The van der Waals surface area contributed by atoms with Crippen molar-refractivity contribution in [3.63, 3.8) is 0 Å². The topological polar surface area (TPSA) is 43.9 Å². The van der Waals surface area contributed by atoms with Crippen LogP contribution < -0.4 is 0 Å². The molecule has 0 saturated carbocycles. The highest BCUT2D eigenvalue weighted by Crippen LogP contribution is 2.55. The van der Waals surface area contributed by atoms with Crippen LogP contribution in [0.2, 0.25) is 0 Å². The molecule has 0 aliphatic heterocycles. The Morgan fingerprint density at radius 3 is 1.76 bits per heavy atom. The van der Waals surface area contributed by atoms with Crippen LogP contribution in [0.1, 0.15) is 25.2 Å². The van der Waals surface area contributed by atoms with E-state index in [2.05, 4.69) is 146 Å². The van der Waals surface area contributed by atoms with Gasteiger partial charge in [-0.05, 0) is 72.5 Å². The zero-order valence-electron chi connectivity index (χ0n) is 28.3. The molecule has 1 aliphatic carbocycles. The molecule has 4 heteroatoms. The van der Waals surface area contributed by atoms with E-state index in [4.69, 9.17) is 14.4 Å². The highest BCUT2D eigenvalue weighted by molar-refractivity contribution is 6.13. The summed E-state index contributed by atoms with van der Waals surface area (Å²) in [6, 6.07) is 57.4. The molecule has 0 radical (unpaired) electrons. The maximum Gasteiger partial charge on any atom is 0.161 e. The van der Waals surface area contributed by atoms with Crippen LogP contribution in [-0.4, -0.2) is 14.5 Å². The van der Waals surface area contributed by atoms with E-state index in [1.54, 1.807) is 0 Å². The van der Waals surface area contributed by atoms with E-state index in [9.17, 15) is 0 Å². The molecule has 0 unspecified atom stereocenters. The van der Waals surface area contributed by atoms with Gasteiger partial charge >= 0.3 is 0 Å². The van der Waals surface area contributed by atoms with Gasteiger partial charge in [0.1, 0.15) is 11.3 Å². The summed E-state index contributed by atoms with van der Waals surface area (Å²) in [5, 5.41) is 1.13. The van der Waals surface area contributed by atoms with Crippen LogP contribution in [0.25, 0.3) is 83.8 Å². The molecule has 4 nitrogen and oxygen atoms in total. The monoisotopic (exact) mass is 655 g/mol. The number of benzene rings is 6. The van der Waals surface area contributed by atoms with Gasteiger partial charge in [0.25, 0.3) is 0 Å². The highest BCUT2D eigenvalue weighted by atomic mass is 16.3. The molecule has 242 valence electrons. The number of hydrogen-bond donors (Lipinski definition) is 0. The molecular weight excluding hydrogens is 623 g/mol. The molecule has 10 rings (SSSR count). The van der Waals surface area contributed by atoms with Crippen molar-refractivity contribution in [2.24, 2.45) is 0 Å². The third-order valence-corrected chi connectivity index (χ3v) is 10.4. The maximum absolute atomic E-state index is 6.88. The average molecular weight is 656 g/mol. The molecule has 9 aromatic rings. The van der Waals surface area contributed by atoms with Gasteiger partial charge in [-0.1, -0.05) is 127 Å². The number of para-hydroxylation sites is 2. The fourth-order valence-corrected chi connectivity index (χ4v) is 7.83. The fourth-order valence-electron chi connectivity index (χ4n) is 7.83. The first-order valence-corrected chi connectivity index (χ1v) is 17.4. The van der Waals surface area contributed by atoms with Gasteiger partial charge in [-0.15, -0.1) is 0 Å². The molecule has 51 heavy (non-hydrogen) atoms. The number of hydrogen-bond acceptors (Lipinski definition) is 3. The molecule has 0 N–H and O–H groups in total. The van der Waals surface area contributed by atoms with Crippen LogP contribution in [0.5, 0.6) is 0 Å². The second kappa shape index (κ2) is 11.3. The summed E-state index contributed by atoms with van der Waals surface area (Å²) < 4.78 is 9.25. The van der Waals surface area contributed by atoms with Crippen LogP contribution in [0.4, 0.5) is 0 Å². The van der Waals surface area contributed by atoms with E-state index in [0.29, 0.717) is 5.82 Å². The van der Waals surface area contributed by atoms with Crippen LogP contribution in [0.15, 0.2) is 168 Å². The smallest absolute Gasteiger partial charge is 0.161 e. The van der Waals surface area contributed by atoms with Crippen molar-refractivity contribution < 1.29 is 4.42 Å². The summed E-state index contributed by atoms with van der Waals surface area (Å²) >= 11 is 0. The third kappa shape index (κ3) is 4.60. The molecule has 0 fully saturated rings. The Morgan fingerprint density at radius 1 is 0.529 bits per heavy atom. The molecule has 3 heterocycles. The van der Waals surface area contributed by atoms with Gasteiger partial charge in [-0.25, -0.2) is 9.97 Å². The van der Waals surface area contributed by atoms with Crippen molar-refractivity contribution >= 4 is 22.0 Å². The Bertz CT molecular complexity index is 2680. The van der Waals surface area contributed by atoms with Crippen molar-refractivity contribution in [3.05, 3.63) is 175 Å². The van der Waals surface area contributed by atoms with Crippen molar-refractivity contribution in [2.45, 2.75) is 19.3 Å². The van der Waals surface area contributed by atoms with E-state index in [1.165, 1.54) is 16.7 Å². The molecule has 0 saturated heterocycles. The minimum atomic E-state index is -0.272. The van der Waals surface area contributed by atoms with Gasteiger partial charge in [-0.3, -0.25) is 0 Å². The molecular formula is C47H33N3O. The third-order valence-electron chi connectivity index (χ3n) is 10.4. The van der Waals surface area contributed by atoms with Gasteiger partial charge in [0, 0.05) is 38.7 Å². The van der Waals surface area contributed by atoms with Gasteiger partial charge < -0.3 is 8.98 Å². The standard InChI is InChI=1S/C47H33N3O/c1-47(2)38-27-26-34(28-37(38)42-43-44(51-45(42)47)36-20-12-13-21-41(36)50(43)35-18-10-5-11-19-35)30-22-24-33(25-23-30)46-48-39(31-14-6-3-7-15-31)29-40(49-46)32-16-8-4-9-17-32/h3-29H,1-2H3. The number of furan rings is 1. The number of fused-ring (bicyclic) bond motifs is 7. The molecule has 3 aromatic heterocycles. The predicted molar refractivity (Wildman–Crippen MR) is 208 cm³/mol. The van der Waals surface area contributed by atoms with E-state index in [1.807, 2.05) is 36.4 Å². The van der Waals surface area contributed by atoms with Crippen LogP contribution >= 0.6 is 0 Å². The quantitative estimate of drug-likeness (QED) is 0.185. The lowest BCUT2D eigenvalue weighted by atomic mass is 9.85. The van der Waals surface area contributed by atoms with Crippen molar-refractivity contribution in [1.82, 2.24) is 14.5 Å². The number of nitrogens with zero attached hydrogens (tertiary/aromatic N) is 3. The van der Waals surface area contributed by atoms with Gasteiger partial charge in [0.15, 0.2) is 11.4 Å². The summed E-state index contributed by atoms with van der Waals surface area (Å²) in [5.41, 5.74) is 15.0. The molecule has 0 atom stereocenters. The minimum Gasteiger partial charge on any atom is -0.457 e. The number of aromatic nitrogens is 3. The second-order valence-electron chi connectivity index (χ2n) is 13.8. The first-order chi connectivity index (χ1) is 25.0. The summed E-state index contributed by atoms with van der Waals surface area (Å²) in [4.78, 5) is 10.1. The second-order valence-corrected chi connectivity index (χ2v) is 13.8. The molecule has 0 spiro atoms. The van der Waals surface area contributed by atoms with Gasteiger partial charge in [0.2, 0.25) is 0 Å². The summed E-state index contributed by atoms with van der Waals surface area (Å²) in [6.45, 7) is 4.55. The zero-order valence-corrected chi connectivity index (χ0v) is 28.3. The lowest BCUT2D eigenvalue weighted by Gasteiger charge is -2.19. The van der Waals surface area contributed by atoms with E-state index >= 15 is 0 Å². The summed E-state index contributed by atoms with van der Waals surface area (Å²) in [7, 11) is 0. The van der Waals surface area contributed by atoms with Crippen LogP contribution in [0.3, 0.4) is 0 Å². The predicted octanol–water partition coefficient (Wildman–Crippen LogP) is 12.1. The highest BCUT2D eigenvalue weighted by Gasteiger charge is 2.42. The summed E-state index contributed by atoms with van der Waals surface area (Å²) in [6.07, 6.45) is 0. The van der Waals surface area contributed by atoms with E-state index in [0.717, 1.165) is 72.7 Å². The Labute approximate surface area is 296 Å². The van der Waals surface area contributed by atoms with Crippen molar-refractivity contribution in [3.8, 4) is 61.8 Å². The Hall–Kier alpha value is -6.52. The number of rotatable bonds is 5. The van der Waals surface area contributed by atoms with E-state index < -0.39 is 0 Å². The minimum absolute atomic E-state index is 0.272. The fraction of sp³-hybridized carbons (Fsp3) is 0.0638. The molecule has 6 aromatic carbocycles. The normalized spacial score (nSPS) is 13.1. The Kier molecular flexibility index (Phi) is 6.49. The molecule has 0 bridgehead atoms. The first-order valence-electron chi connectivity index (χ1n) is 17.4. The Morgan fingerprint density at radius 2 is 1.10 bits per heavy atom. The SMILES string of the molecule is CC1(C)c2ccc(-c3ccc(-c4nc(-c5ccccc5)cc(-c5ccccc5)n4)cc3)cc2-c2c1oc1c3ccccc3n(-c3ccccc3)c21. The molecule has 1 aliphatic rings. The van der Waals surface area contributed by atoms with E-state index in [-0.39, 0.29) is 5.41 Å². The Balaban J connectivity index is 1.09. The van der Waals surface area contributed by atoms with Crippen LogP contribution in [0, 0.1) is 0 Å². The lowest BCUT2D eigenvalue weighted by molar-refractivity contribution is 0.466. The van der Waals surface area contributed by atoms with Crippen LogP contribution in [-0.2, 0) is 5.41 Å². The average Bonchev–Trinajstić information content (AvgIpc) is 3.81. The molecule has 0 amide bonds. The first kappa shape index (κ1) is 29.4. The van der Waals surface area contributed by atoms with Crippen molar-refractivity contribution in [1.29, 1.82) is 0 Å². The zero-order chi connectivity index (χ0) is 34.1. The van der Waals surface area contributed by atoms with Gasteiger partial charge in [0.05, 0.1) is 16.9 Å². The lowest BCUT2D eigenvalue weighted by Crippen LogP contribution is -2.14.